The SMILES string of the molecule is NS(=O)(=O)c1ccc2c(Cl)cnc(Cl)c2c1. The first-order valence-electron chi connectivity index (χ1n) is 4.16. The average Bonchev–Trinajstić information content (AvgIpc) is 2.22. The molecule has 0 radical (unpaired) electrons. The highest BCUT2D eigenvalue weighted by Gasteiger charge is 2.11. The van der Waals surface area contributed by atoms with Crippen molar-refractivity contribution in [3.63, 3.8) is 0 Å². The maximum Gasteiger partial charge on any atom is 0.238 e. The van der Waals surface area contributed by atoms with E-state index in [4.69, 9.17) is 28.3 Å². The maximum atomic E-state index is 11.2. The number of hydrogen-bond acceptors (Lipinski definition) is 3. The standard InChI is InChI=1S/C9H6Cl2N2O2S/c10-8-4-13-9(11)7-3-5(16(12,14)15)1-2-6(7)8/h1-4H,(H2,12,14,15). The number of nitrogens with zero attached hydrogens (tertiary/aromatic N) is 1. The topological polar surface area (TPSA) is 73.1 Å². The Labute approximate surface area is 102 Å². The van der Waals surface area contributed by atoms with Gasteiger partial charge >= 0.3 is 0 Å². The van der Waals surface area contributed by atoms with Crippen molar-refractivity contribution in [2.75, 3.05) is 0 Å². The van der Waals surface area contributed by atoms with Gasteiger partial charge in [0.25, 0.3) is 0 Å². The molecule has 0 atom stereocenters. The lowest BCUT2D eigenvalue weighted by molar-refractivity contribution is 0.598. The molecule has 0 aliphatic rings. The van der Waals surface area contributed by atoms with Crippen molar-refractivity contribution in [2.45, 2.75) is 4.90 Å². The van der Waals surface area contributed by atoms with E-state index in [0.29, 0.717) is 15.8 Å². The van der Waals surface area contributed by atoms with Gasteiger partial charge in [-0.15, -0.1) is 0 Å². The van der Waals surface area contributed by atoms with Crippen LogP contribution in [0.3, 0.4) is 0 Å². The minimum atomic E-state index is -3.75. The third kappa shape index (κ3) is 1.99. The predicted octanol–water partition coefficient (Wildman–Crippen LogP) is 2.19. The number of halogens is 2. The lowest BCUT2D eigenvalue weighted by Crippen LogP contribution is -2.11. The van der Waals surface area contributed by atoms with Crippen molar-refractivity contribution in [1.29, 1.82) is 0 Å². The van der Waals surface area contributed by atoms with Crippen LogP contribution < -0.4 is 5.14 Å². The molecule has 1 aromatic heterocycles. The quantitative estimate of drug-likeness (QED) is 0.812. The Hall–Kier alpha value is -0.880. The van der Waals surface area contributed by atoms with E-state index in [1.165, 1.54) is 18.3 Å². The summed E-state index contributed by atoms with van der Waals surface area (Å²) < 4.78 is 22.3. The fraction of sp³-hybridized carbons (Fsp3) is 0. The highest BCUT2D eigenvalue weighted by Crippen LogP contribution is 2.29. The fourth-order valence-electron chi connectivity index (χ4n) is 1.33. The normalized spacial score (nSPS) is 11.9. The molecule has 0 amide bonds. The Kier molecular flexibility index (Phi) is 2.79. The van der Waals surface area contributed by atoms with Crippen LogP contribution in [0.4, 0.5) is 0 Å². The molecule has 16 heavy (non-hydrogen) atoms. The molecule has 0 aliphatic carbocycles. The summed E-state index contributed by atoms with van der Waals surface area (Å²) >= 11 is 11.7. The molecule has 7 heteroatoms. The van der Waals surface area contributed by atoms with Gasteiger partial charge in [-0.1, -0.05) is 29.3 Å². The summed E-state index contributed by atoms with van der Waals surface area (Å²) in [6, 6.07) is 4.27. The first-order valence-corrected chi connectivity index (χ1v) is 6.46. The molecule has 0 aliphatic heterocycles. The van der Waals surface area contributed by atoms with E-state index in [1.54, 1.807) is 6.07 Å². The van der Waals surface area contributed by atoms with Crippen LogP contribution in [0, 0.1) is 0 Å². The summed E-state index contributed by atoms with van der Waals surface area (Å²) in [4.78, 5) is 3.81. The van der Waals surface area contributed by atoms with Crippen LogP contribution in [0.2, 0.25) is 10.2 Å². The second kappa shape index (κ2) is 3.85. The molecule has 1 heterocycles. The van der Waals surface area contributed by atoms with Crippen molar-refractivity contribution in [2.24, 2.45) is 5.14 Å². The van der Waals surface area contributed by atoms with Gasteiger partial charge in [-0.05, 0) is 12.1 Å². The molecule has 0 unspecified atom stereocenters. The van der Waals surface area contributed by atoms with Crippen LogP contribution in [0.1, 0.15) is 0 Å². The van der Waals surface area contributed by atoms with E-state index in [2.05, 4.69) is 4.98 Å². The van der Waals surface area contributed by atoms with Crippen molar-refractivity contribution in [3.8, 4) is 0 Å². The van der Waals surface area contributed by atoms with Gasteiger partial charge in [0.1, 0.15) is 5.15 Å². The fourth-order valence-corrected chi connectivity index (χ4v) is 2.29. The monoisotopic (exact) mass is 276 g/mol. The Morgan fingerprint density at radius 1 is 1.19 bits per heavy atom. The molecule has 0 spiro atoms. The smallest absolute Gasteiger partial charge is 0.238 e. The van der Waals surface area contributed by atoms with Crippen LogP contribution in [-0.4, -0.2) is 13.4 Å². The van der Waals surface area contributed by atoms with Gasteiger partial charge in [-0.2, -0.15) is 0 Å². The highest BCUT2D eigenvalue weighted by molar-refractivity contribution is 7.89. The summed E-state index contributed by atoms with van der Waals surface area (Å²) in [6.45, 7) is 0. The number of rotatable bonds is 1. The summed E-state index contributed by atoms with van der Waals surface area (Å²) in [5.74, 6) is 0. The second-order valence-corrected chi connectivity index (χ2v) is 5.48. The van der Waals surface area contributed by atoms with Crippen LogP contribution in [0.5, 0.6) is 0 Å². The predicted molar refractivity (Wildman–Crippen MR) is 63.1 cm³/mol. The van der Waals surface area contributed by atoms with Gasteiger partial charge in [0.15, 0.2) is 0 Å². The second-order valence-electron chi connectivity index (χ2n) is 3.15. The van der Waals surface area contributed by atoms with E-state index < -0.39 is 10.0 Å². The number of pyridine rings is 1. The van der Waals surface area contributed by atoms with E-state index in [9.17, 15) is 8.42 Å². The van der Waals surface area contributed by atoms with Crippen molar-refractivity contribution in [3.05, 3.63) is 34.6 Å². The molecule has 0 saturated heterocycles. The Morgan fingerprint density at radius 2 is 1.88 bits per heavy atom. The number of sulfonamides is 1. The minimum Gasteiger partial charge on any atom is -0.242 e. The summed E-state index contributed by atoms with van der Waals surface area (Å²) in [7, 11) is -3.75. The van der Waals surface area contributed by atoms with Gasteiger partial charge in [0, 0.05) is 17.0 Å². The Balaban J connectivity index is 2.86. The molecule has 2 rings (SSSR count). The number of hydrogen-bond donors (Lipinski definition) is 1. The number of nitrogens with two attached hydrogens (primary N) is 1. The molecule has 2 aromatic rings. The number of fused-ring (bicyclic) bond motifs is 1. The van der Waals surface area contributed by atoms with Crippen LogP contribution in [0.15, 0.2) is 29.3 Å². The zero-order valence-electron chi connectivity index (χ0n) is 7.81. The third-order valence-electron chi connectivity index (χ3n) is 2.09. The maximum absolute atomic E-state index is 11.2. The average molecular weight is 277 g/mol. The first kappa shape index (κ1) is 11.6. The number of aromatic nitrogens is 1. The zero-order chi connectivity index (χ0) is 11.9. The van der Waals surface area contributed by atoms with Gasteiger partial charge < -0.3 is 0 Å². The first-order chi connectivity index (χ1) is 7.39. The van der Waals surface area contributed by atoms with Crippen LogP contribution >= 0.6 is 23.2 Å². The molecule has 0 fully saturated rings. The van der Waals surface area contributed by atoms with Gasteiger partial charge in [-0.3, -0.25) is 0 Å². The molecule has 4 nitrogen and oxygen atoms in total. The number of primary sulfonamides is 1. The largest absolute Gasteiger partial charge is 0.242 e. The van der Waals surface area contributed by atoms with E-state index >= 15 is 0 Å². The minimum absolute atomic E-state index is 0.0223. The number of benzene rings is 1. The van der Waals surface area contributed by atoms with Crippen molar-refractivity contribution >= 4 is 44.0 Å². The summed E-state index contributed by atoms with van der Waals surface area (Å²) in [5.41, 5.74) is 0. The molecule has 0 bridgehead atoms. The zero-order valence-corrected chi connectivity index (χ0v) is 10.1. The molecule has 0 saturated carbocycles. The Bertz CT molecular complexity index is 671. The van der Waals surface area contributed by atoms with Crippen LogP contribution in [-0.2, 0) is 10.0 Å². The van der Waals surface area contributed by atoms with Crippen LogP contribution in [0.25, 0.3) is 10.8 Å². The lowest BCUT2D eigenvalue weighted by Gasteiger charge is -2.04. The van der Waals surface area contributed by atoms with Gasteiger partial charge in [0.2, 0.25) is 10.0 Å². The van der Waals surface area contributed by atoms with Gasteiger partial charge in [0.05, 0.1) is 9.92 Å². The molecule has 1 aromatic carbocycles. The molecule has 2 N–H and O–H groups in total. The van der Waals surface area contributed by atoms with E-state index in [1.807, 2.05) is 0 Å². The lowest BCUT2D eigenvalue weighted by atomic mass is 10.2. The van der Waals surface area contributed by atoms with E-state index in [-0.39, 0.29) is 10.0 Å². The van der Waals surface area contributed by atoms with Gasteiger partial charge in [-0.25, -0.2) is 18.5 Å². The van der Waals surface area contributed by atoms with Crippen molar-refractivity contribution < 1.29 is 8.42 Å². The summed E-state index contributed by atoms with van der Waals surface area (Å²) in [5, 5.41) is 6.69. The van der Waals surface area contributed by atoms with E-state index in [0.717, 1.165) is 0 Å². The highest BCUT2D eigenvalue weighted by atomic mass is 35.5. The Morgan fingerprint density at radius 3 is 2.50 bits per heavy atom. The summed E-state index contributed by atoms with van der Waals surface area (Å²) in [6.07, 6.45) is 1.41. The molecular weight excluding hydrogens is 271 g/mol. The third-order valence-corrected chi connectivity index (χ3v) is 3.60. The van der Waals surface area contributed by atoms with Crippen molar-refractivity contribution in [1.82, 2.24) is 4.98 Å². The molecule has 84 valence electrons. The molecular formula is C9H6Cl2N2O2S.